The molecule has 1 fully saturated rings. The molecule has 1 rings (SSSR count). The number of aliphatic carboxylic acids is 1. The zero-order chi connectivity index (χ0) is 15.1. The Kier molecular flexibility index (Phi) is 6.23. The molecule has 1 heterocycles. The Hall–Kier alpha value is -1.83. The summed E-state index contributed by atoms with van der Waals surface area (Å²) in [6, 6.07) is -1.30. The summed E-state index contributed by atoms with van der Waals surface area (Å²) in [5.41, 5.74) is 0. The average Bonchev–Trinajstić information content (AvgIpc) is 2.42. The number of carboxylic acids is 1. The van der Waals surface area contributed by atoms with Crippen LogP contribution in [0.2, 0.25) is 0 Å². The van der Waals surface area contributed by atoms with Gasteiger partial charge in [0.2, 0.25) is 5.91 Å². The van der Waals surface area contributed by atoms with E-state index in [0.29, 0.717) is 26.3 Å². The summed E-state index contributed by atoms with van der Waals surface area (Å²) in [4.78, 5) is 35.8. The predicted octanol–water partition coefficient (Wildman–Crippen LogP) is -0.746. The van der Waals surface area contributed by atoms with Crippen LogP contribution >= 0.6 is 0 Å². The number of urea groups is 1. The molecule has 0 aliphatic carbocycles. The van der Waals surface area contributed by atoms with E-state index in [1.165, 1.54) is 0 Å². The predicted molar refractivity (Wildman–Crippen MR) is 70.2 cm³/mol. The molecule has 0 saturated carbocycles. The molecule has 8 heteroatoms. The summed E-state index contributed by atoms with van der Waals surface area (Å²) in [6.45, 7) is 5.08. The third kappa shape index (κ3) is 5.04. The van der Waals surface area contributed by atoms with E-state index in [2.05, 4.69) is 10.6 Å². The summed E-state index contributed by atoms with van der Waals surface area (Å²) >= 11 is 0. The molecule has 114 valence electrons. The van der Waals surface area contributed by atoms with E-state index < -0.39 is 17.9 Å². The van der Waals surface area contributed by atoms with Gasteiger partial charge in [-0.15, -0.1) is 0 Å². The van der Waals surface area contributed by atoms with E-state index in [0.717, 1.165) is 0 Å². The average molecular weight is 287 g/mol. The van der Waals surface area contributed by atoms with Gasteiger partial charge in [0, 0.05) is 13.1 Å². The third-order valence-electron chi connectivity index (χ3n) is 2.95. The number of morpholine rings is 1. The van der Waals surface area contributed by atoms with Crippen molar-refractivity contribution in [3.63, 3.8) is 0 Å². The summed E-state index contributed by atoms with van der Waals surface area (Å²) in [7, 11) is 0. The van der Waals surface area contributed by atoms with Crippen LogP contribution in [-0.2, 0) is 14.3 Å². The first-order valence-electron chi connectivity index (χ1n) is 6.54. The molecule has 0 aromatic carbocycles. The van der Waals surface area contributed by atoms with Gasteiger partial charge in [-0.1, -0.05) is 13.8 Å². The van der Waals surface area contributed by atoms with Crippen LogP contribution in [0.1, 0.15) is 13.8 Å². The van der Waals surface area contributed by atoms with Crippen LogP contribution in [0.5, 0.6) is 0 Å². The quantitative estimate of drug-likeness (QED) is 0.617. The lowest BCUT2D eigenvalue weighted by Gasteiger charge is -2.27. The third-order valence-corrected chi connectivity index (χ3v) is 2.95. The normalized spacial score (nSPS) is 16.6. The smallest absolute Gasteiger partial charge is 0.326 e. The number of rotatable bonds is 5. The van der Waals surface area contributed by atoms with Crippen LogP contribution in [0.15, 0.2) is 0 Å². The molecule has 20 heavy (non-hydrogen) atoms. The van der Waals surface area contributed by atoms with Gasteiger partial charge >= 0.3 is 12.0 Å². The maximum Gasteiger partial charge on any atom is 0.326 e. The van der Waals surface area contributed by atoms with Gasteiger partial charge in [-0.05, 0) is 5.92 Å². The van der Waals surface area contributed by atoms with Gasteiger partial charge < -0.3 is 25.4 Å². The highest BCUT2D eigenvalue weighted by atomic mass is 16.5. The van der Waals surface area contributed by atoms with Crippen molar-refractivity contribution in [2.75, 3.05) is 32.8 Å². The Labute approximate surface area is 117 Å². The Morgan fingerprint density at radius 1 is 1.25 bits per heavy atom. The number of nitrogens with zero attached hydrogens (tertiary/aromatic N) is 1. The fourth-order valence-electron chi connectivity index (χ4n) is 1.77. The summed E-state index contributed by atoms with van der Waals surface area (Å²) in [6.07, 6.45) is 0. The molecular weight excluding hydrogens is 266 g/mol. The number of amides is 3. The van der Waals surface area contributed by atoms with E-state index in [-0.39, 0.29) is 18.5 Å². The van der Waals surface area contributed by atoms with Crippen molar-refractivity contribution in [3.8, 4) is 0 Å². The van der Waals surface area contributed by atoms with Gasteiger partial charge in [-0.2, -0.15) is 0 Å². The van der Waals surface area contributed by atoms with Crippen LogP contribution in [0.4, 0.5) is 4.79 Å². The summed E-state index contributed by atoms with van der Waals surface area (Å²) in [5.74, 6) is -1.84. The van der Waals surface area contributed by atoms with Crippen LogP contribution in [0.25, 0.3) is 0 Å². The first-order chi connectivity index (χ1) is 9.41. The molecule has 0 aromatic rings. The zero-order valence-electron chi connectivity index (χ0n) is 11.7. The maximum atomic E-state index is 11.7. The molecule has 3 amide bonds. The molecule has 0 radical (unpaired) electrons. The number of carboxylic acid groups (broad SMARTS) is 1. The van der Waals surface area contributed by atoms with Gasteiger partial charge in [0.25, 0.3) is 0 Å². The van der Waals surface area contributed by atoms with E-state index >= 15 is 0 Å². The molecule has 0 unspecified atom stereocenters. The second kappa shape index (κ2) is 7.68. The van der Waals surface area contributed by atoms with Gasteiger partial charge in [0.15, 0.2) is 0 Å². The molecule has 1 saturated heterocycles. The highest BCUT2D eigenvalue weighted by molar-refractivity contribution is 5.87. The second-order valence-corrected chi connectivity index (χ2v) is 4.89. The minimum Gasteiger partial charge on any atom is -0.480 e. The number of hydrogen-bond donors (Lipinski definition) is 3. The maximum absolute atomic E-state index is 11.7. The van der Waals surface area contributed by atoms with Crippen molar-refractivity contribution < 1.29 is 24.2 Å². The van der Waals surface area contributed by atoms with Crippen LogP contribution in [0.3, 0.4) is 0 Å². The Bertz CT molecular complexity index is 366. The SMILES string of the molecule is CC(C)[C@H](NC(=O)CNC(=O)N1CCOCC1)C(=O)O. The number of carbonyl (C=O) groups is 3. The van der Waals surface area contributed by atoms with Crippen molar-refractivity contribution in [3.05, 3.63) is 0 Å². The van der Waals surface area contributed by atoms with E-state index in [4.69, 9.17) is 9.84 Å². The minimum absolute atomic E-state index is 0.230. The molecule has 1 aliphatic rings. The number of hydrogen-bond acceptors (Lipinski definition) is 4. The highest BCUT2D eigenvalue weighted by Gasteiger charge is 2.24. The number of ether oxygens (including phenoxy) is 1. The lowest BCUT2D eigenvalue weighted by Crippen LogP contribution is -2.51. The lowest BCUT2D eigenvalue weighted by molar-refractivity contribution is -0.142. The van der Waals surface area contributed by atoms with Gasteiger partial charge in [0.05, 0.1) is 19.8 Å². The van der Waals surface area contributed by atoms with Gasteiger partial charge in [0.1, 0.15) is 6.04 Å². The Morgan fingerprint density at radius 2 is 1.85 bits per heavy atom. The van der Waals surface area contributed by atoms with Crippen LogP contribution in [-0.4, -0.2) is 66.8 Å². The molecule has 8 nitrogen and oxygen atoms in total. The van der Waals surface area contributed by atoms with E-state index in [9.17, 15) is 14.4 Å². The molecule has 3 N–H and O–H groups in total. The zero-order valence-corrected chi connectivity index (χ0v) is 11.7. The van der Waals surface area contributed by atoms with Crippen molar-refractivity contribution >= 4 is 17.9 Å². The van der Waals surface area contributed by atoms with Gasteiger partial charge in [-0.25, -0.2) is 9.59 Å². The second-order valence-electron chi connectivity index (χ2n) is 4.89. The van der Waals surface area contributed by atoms with Gasteiger partial charge in [-0.3, -0.25) is 4.79 Å². The number of carbonyl (C=O) groups excluding carboxylic acids is 2. The highest BCUT2D eigenvalue weighted by Crippen LogP contribution is 2.01. The summed E-state index contributed by atoms with van der Waals surface area (Å²) in [5, 5.41) is 13.8. The molecule has 0 aromatic heterocycles. The molecule has 0 bridgehead atoms. The molecule has 0 spiro atoms. The van der Waals surface area contributed by atoms with E-state index in [1.807, 2.05) is 0 Å². The topological polar surface area (TPSA) is 108 Å². The summed E-state index contributed by atoms with van der Waals surface area (Å²) < 4.78 is 5.11. The first kappa shape index (κ1) is 16.2. The Morgan fingerprint density at radius 3 is 2.35 bits per heavy atom. The Balaban J connectivity index is 2.34. The van der Waals surface area contributed by atoms with E-state index in [1.54, 1.807) is 18.7 Å². The first-order valence-corrected chi connectivity index (χ1v) is 6.54. The molecule has 1 atom stereocenters. The largest absolute Gasteiger partial charge is 0.480 e. The fraction of sp³-hybridized carbons (Fsp3) is 0.750. The van der Waals surface area contributed by atoms with Crippen molar-refractivity contribution in [1.29, 1.82) is 0 Å². The van der Waals surface area contributed by atoms with Crippen LogP contribution in [0, 0.1) is 5.92 Å². The molecular formula is C12H21N3O5. The monoisotopic (exact) mass is 287 g/mol. The number of nitrogens with one attached hydrogen (secondary N) is 2. The lowest BCUT2D eigenvalue weighted by atomic mass is 10.1. The van der Waals surface area contributed by atoms with Crippen LogP contribution < -0.4 is 10.6 Å². The molecule has 1 aliphatic heterocycles. The van der Waals surface area contributed by atoms with Crippen molar-refractivity contribution in [1.82, 2.24) is 15.5 Å². The van der Waals surface area contributed by atoms with Crippen molar-refractivity contribution in [2.45, 2.75) is 19.9 Å². The standard InChI is InChI=1S/C12H21N3O5/c1-8(2)10(11(17)18)14-9(16)7-13-12(19)15-3-5-20-6-4-15/h8,10H,3-7H2,1-2H3,(H,13,19)(H,14,16)(H,17,18)/t10-/m0/s1. The van der Waals surface area contributed by atoms with Crippen molar-refractivity contribution in [2.24, 2.45) is 5.92 Å². The fourth-order valence-corrected chi connectivity index (χ4v) is 1.77. The minimum atomic E-state index is -1.09.